The van der Waals surface area contributed by atoms with Gasteiger partial charge in [0.15, 0.2) is 0 Å². The number of halogens is 1. The lowest BCUT2D eigenvalue weighted by atomic mass is 9.79. The number of pyridine rings is 1. The summed E-state index contributed by atoms with van der Waals surface area (Å²) in [5, 5.41) is 0.517. The van der Waals surface area contributed by atoms with E-state index < -0.39 is 0 Å². The van der Waals surface area contributed by atoms with Crippen molar-refractivity contribution in [3.05, 3.63) is 29.0 Å². The topological polar surface area (TPSA) is 60.2 Å². The minimum atomic E-state index is 0.109. The predicted octanol–water partition coefficient (Wildman–Crippen LogP) is 2.98. The summed E-state index contributed by atoms with van der Waals surface area (Å²) < 4.78 is 6.10. The molecule has 2 aliphatic rings. The van der Waals surface area contributed by atoms with Crippen LogP contribution in [0.5, 0.6) is 0 Å². The first-order valence-electron chi connectivity index (χ1n) is 7.44. The molecule has 1 saturated heterocycles. The van der Waals surface area contributed by atoms with Gasteiger partial charge in [-0.25, -0.2) is 4.98 Å². The first kappa shape index (κ1) is 14.3. The van der Waals surface area contributed by atoms with Crippen LogP contribution in [0.2, 0.25) is 5.15 Å². The molecule has 2 atom stereocenters. The van der Waals surface area contributed by atoms with Crippen molar-refractivity contribution in [2.45, 2.75) is 50.2 Å². The summed E-state index contributed by atoms with van der Waals surface area (Å²) in [6.07, 6.45) is 8.92. The van der Waals surface area contributed by atoms with E-state index in [0.717, 1.165) is 25.0 Å². The molecule has 2 unspecified atom stereocenters. The van der Waals surface area contributed by atoms with Crippen molar-refractivity contribution in [3.63, 3.8) is 0 Å². The smallest absolute Gasteiger partial charge is 0.129 e. The molecule has 1 aromatic rings. The number of hydrogen-bond acceptors (Lipinski definition) is 4. The Bertz CT molecular complexity index is 445. The average Bonchev–Trinajstić information content (AvgIpc) is 2.90. The highest BCUT2D eigenvalue weighted by Gasteiger charge is 2.42. The summed E-state index contributed by atoms with van der Waals surface area (Å²) in [6, 6.07) is 3.96. The average molecular weight is 296 g/mol. The van der Waals surface area contributed by atoms with Crippen LogP contribution in [0.25, 0.3) is 0 Å². The summed E-state index contributed by atoms with van der Waals surface area (Å²) in [4.78, 5) is 4.17. The van der Waals surface area contributed by atoms with Crippen molar-refractivity contribution < 1.29 is 4.74 Å². The van der Waals surface area contributed by atoms with Gasteiger partial charge in [-0.05, 0) is 43.2 Å². The maximum atomic E-state index is 6.10. The molecule has 2 fully saturated rings. The predicted molar refractivity (Wildman–Crippen MR) is 79.2 cm³/mol. The van der Waals surface area contributed by atoms with E-state index in [1.165, 1.54) is 25.7 Å². The molecule has 20 heavy (non-hydrogen) atoms. The van der Waals surface area contributed by atoms with Gasteiger partial charge in [0.25, 0.3) is 0 Å². The fourth-order valence-corrected chi connectivity index (χ4v) is 3.91. The van der Waals surface area contributed by atoms with Crippen LogP contribution in [-0.4, -0.2) is 17.2 Å². The van der Waals surface area contributed by atoms with Gasteiger partial charge in [0.2, 0.25) is 0 Å². The Hall–Kier alpha value is -0.680. The third-order valence-corrected chi connectivity index (χ3v) is 5.03. The quantitative estimate of drug-likeness (QED) is 0.511. The van der Waals surface area contributed by atoms with E-state index in [9.17, 15) is 0 Å². The van der Waals surface area contributed by atoms with E-state index in [0.29, 0.717) is 11.1 Å². The zero-order valence-electron chi connectivity index (χ0n) is 11.6. The number of nitrogens with two attached hydrogens (primary N) is 1. The summed E-state index contributed by atoms with van der Waals surface area (Å²) in [5.41, 5.74) is 4.19. The number of nitrogens with zero attached hydrogens (tertiary/aromatic N) is 1. The SMILES string of the molecule is NNC(c1ccc(Cl)nc1)C1CCOC2(CCCC2)C1. The van der Waals surface area contributed by atoms with E-state index >= 15 is 0 Å². The second kappa shape index (κ2) is 5.98. The highest BCUT2D eigenvalue weighted by atomic mass is 35.5. The van der Waals surface area contributed by atoms with Gasteiger partial charge >= 0.3 is 0 Å². The Morgan fingerprint density at radius 3 is 2.85 bits per heavy atom. The van der Waals surface area contributed by atoms with Gasteiger partial charge < -0.3 is 4.74 Å². The van der Waals surface area contributed by atoms with Gasteiger partial charge in [-0.2, -0.15) is 0 Å². The number of nitrogens with one attached hydrogen (secondary N) is 1. The van der Waals surface area contributed by atoms with Gasteiger partial charge in [0.05, 0.1) is 11.6 Å². The number of aromatic nitrogens is 1. The summed E-state index contributed by atoms with van der Waals surface area (Å²) in [7, 11) is 0. The van der Waals surface area contributed by atoms with Gasteiger partial charge in [-0.3, -0.25) is 11.3 Å². The van der Waals surface area contributed by atoms with Crippen LogP contribution in [0.4, 0.5) is 0 Å². The van der Waals surface area contributed by atoms with Crippen molar-refractivity contribution in [2.24, 2.45) is 11.8 Å². The van der Waals surface area contributed by atoms with Crippen molar-refractivity contribution in [3.8, 4) is 0 Å². The number of ether oxygens (including phenoxy) is 1. The lowest BCUT2D eigenvalue weighted by Crippen LogP contribution is -2.43. The Balaban J connectivity index is 1.76. The number of rotatable bonds is 3. The van der Waals surface area contributed by atoms with E-state index in [1.807, 2.05) is 18.3 Å². The molecule has 1 aliphatic carbocycles. The maximum Gasteiger partial charge on any atom is 0.129 e. The zero-order valence-corrected chi connectivity index (χ0v) is 12.4. The van der Waals surface area contributed by atoms with Gasteiger partial charge in [0.1, 0.15) is 5.15 Å². The fraction of sp³-hybridized carbons (Fsp3) is 0.667. The van der Waals surface area contributed by atoms with Crippen LogP contribution in [0.3, 0.4) is 0 Å². The zero-order chi connectivity index (χ0) is 14.0. The largest absolute Gasteiger partial charge is 0.375 e. The van der Waals surface area contributed by atoms with Crippen LogP contribution in [0.15, 0.2) is 18.3 Å². The molecule has 1 aromatic heterocycles. The molecule has 110 valence electrons. The molecule has 3 rings (SSSR count). The molecule has 0 bridgehead atoms. The monoisotopic (exact) mass is 295 g/mol. The lowest BCUT2D eigenvalue weighted by molar-refractivity contribution is -0.0982. The van der Waals surface area contributed by atoms with Crippen LogP contribution in [0, 0.1) is 5.92 Å². The van der Waals surface area contributed by atoms with Crippen LogP contribution < -0.4 is 11.3 Å². The van der Waals surface area contributed by atoms with Gasteiger partial charge in [-0.15, -0.1) is 0 Å². The van der Waals surface area contributed by atoms with Gasteiger partial charge in [-0.1, -0.05) is 30.5 Å². The first-order chi connectivity index (χ1) is 9.72. The summed E-state index contributed by atoms with van der Waals surface area (Å²) in [6.45, 7) is 0.837. The van der Waals surface area contributed by atoms with Gasteiger partial charge in [0, 0.05) is 12.8 Å². The third-order valence-electron chi connectivity index (χ3n) is 4.81. The molecule has 0 aromatic carbocycles. The second-order valence-corrected chi connectivity index (χ2v) is 6.44. The van der Waals surface area contributed by atoms with Crippen LogP contribution in [0.1, 0.15) is 50.1 Å². The molecule has 1 spiro atoms. The summed E-state index contributed by atoms with van der Waals surface area (Å²) in [5.74, 6) is 6.30. The molecule has 0 amide bonds. The van der Waals surface area contributed by atoms with Crippen molar-refractivity contribution in [1.29, 1.82) is 0 Å². The van der Waals surface area contributed by atoms with E-state index in [-0.39, 0.29) is 11.6 Å². The molecular weight excluding hydrogens is 274 g/mol. The minimum absolute atomic E-state index is 0.109. The highest BCUT2D eigenvalue weighted by Crippen LogP contribution is 2.45. The fourth-order valence-electron chi connectivity index (χ4n) is 3.79. The standard InChI is InChI=1S/C15H22ClN3O/c16-13-4-3-12(10-18-13)14(19-17)11-5-8-20-15(9-11)6-1-2-7-15/h3-4,10-11,14,19H,1-2,5-9,17H2. The molecule has 1 aliphatic heterocycles. The van der Waals surface area contributed by atoms with E-state index in [4.69, 9.17) is 22.2 Å². The van der Waals surface area contributed by atoms with Crippen molar-refractivity contribution >= 4 is 11.6 Å². The second-order valence-electron chi connectivity index (χ2n) is 6.05. The molecule has 1 saturated carbocycles. The first-order valence-corrected chi connectivity index (χ1v) is 7.82. The van der Waals surface area contributed by atoms with Crippen molar-refractivity contribution in [1.82, 2.24) is 10.4 Å². The summed E-state index contributed by atoms with van der Waals surface area (Å²) >= 11 is 5.86. The minimum Gasteiger partial charge on any atom is -0.375 e. The Morgan fingerprint density at radius 2 is 2.20 bits per heavy atom. The number of hydrazine groups is 1. The molecule has 0 radical (unpaired) electrons. The van der Waals surface area contributed by atoms with Crippen molar-refractivity contribution in [2.75, 3.05) is 6.61 Å². The Labute approximate surface area is 125 Å². The Morgan fingerprint density at radius 1 is 1.40 bits per heavy atom. The van der Waals surface area contributed by atoms with E-state index in [2.05, 4.69) is 10.4 Å². The third kappa shape index (κ3) is 2.84. The molecule has 2 heterocycles. The molecule has 3 N–H and O–H groups in total. The van der Waals surface area contributed by atoms with Crippen LogP contribution in [-0.2, 0) is 4.74 Å². The molecule has 4 nitrogen and oxygen atoms in total. The van der Waals surface area contributed by atoms with E-state index in [1.54, 1.807) is 0 Å². The molecular formula is C15H22ClN3O. The highest BCUT2D eigenvalue weighted by molar-refractivity contribution is 6.29. The molecule has 5 heteroatoms. The Kier molecular flexibility index (Phi) is 4.26. The normalized spacial score (nSPS) is 26.8. The maximum absolute atomic E-state index is 6.10. The van der Waals surface area contributed by atoms with Crippen LogP contribution >= 0.6 is 11.6 Å². The lowest BCUT2D eigenvalue weighted by Gasteiger charge is -2.41. The number of hydrogen-bond donors (Lipinski definition) is 2.